The summed E-state index contributed by atoms with van der Waals surface area (Å²) in [6.07, 6.45) is 1.11. The third kappa shape index (κ3) is 2.74. The average Bonchev–Trinajstić information content (AvgIpc) is 2.18. The lowest BCUT2D eigenvalue weighted by molar-refractivity contribution is 0.302. The Labute approximate surface area is 86.2 Å². The predicted molar refractivity (Wildman–Crippen MR) is 60.8 cm³/mol. The minimum Gasteiger partial charge on any atom is -0.395 e. The molecule has 0 aliphatic heterocycles. The van der Waals surface area contributed by atoms with E-state index in [1.807, 2.05) is 12.1 Å². The van der Waals surface area contributed by atoms with E-state index in [0.717, 1.165) is 19.5 Å². The van der Waals surface area contributed by atoms with Crippen molar-refractivity contribution in [1.82, 2.24) is 0 Å². The lowest BCUT2D eigenvalue weighted by Gasteiger charge is -2.25. The van der Waals surface area contributed by atoms with E-state index in [4.69, 9.17) is 5.11 Å². The normalized spacial score (nSPS) is 10.2. The SMILES string of the molecule is CCCN(CCO)c1ccccc1C. The molecule has 0 fully saturated rings. The maximum atomic E-state index is 8.97. The van der Waals surface area contributed by atoms with E-state index in [-0.39, 0.29) is 6.61 Å². The average molecular weight is 193 g/mol. The molecule has 0 aliphatic rings. The first kappa shape index (κ1) is 11.1. The minimum atomic E-state index is 0.217. The highest BCUT2D eigenvalue weighted by Crippen LogP contribution is 2.18. The second-order valence-corrected chi connectivity index (χ2v) is 3.50. The molecule has 0 atom stereocenters. The molecule has 78 valence electrons. The predicted octanol–water partition coefficient (Wildman–Crippen LogP) is 2.20. The molecule has 1 aromatic carbocycles. The summed E-state index contributed by atoms with van der Waals surface area (Å²) in [5.74, 6) is 0. The van der Waals surface area contributed by atoms with Gasteiger partial charge < -0.3 is 10.0 Å². The zero-order valence-corrected chi connectivity index (χ0v) is 9.03. The van der Waals surface area contributed by atoms with Crippen molar-refractivity contribution in [2.75, 3.05) is 24.6 Å². The lowest BCUT2D eigenvalue weighted by atomic mass is 10.2. The first-order valence-corrected chi connectivity index (χ1v) is 5.21. The van der Waals surface area contributed by atoms with Gasteiger partial charge in [-0.3, -0.25) is 0 Å². The third-order valence-corrected chi connectivity index (χ3v) is 2.32. The van der Waals surface area contributed by atoms with E-state index in [2.05, 4.69) is 30.9 Å². The molecule has 0 radical (unpaired) electrons. The van der Waals surface area contributed by atoms with Crippen molar-refractivity contribution in [1.29, 1.82) is 0 Å². The fraction of sp³-hybridized carbons (Fsp3) is 0.500. The van der Waals surface area contributed by atoms with Gasteiger partial charge in [-0.25, -0.2) is 0 Å². The fourth-order valence-corrected chi connectivity index (χ4v) is 1.66. The van der Waals surface area contributed by atoms with Crippen LogP contribution in [0, 0.1) is 6.92 Å². The number of benzene rings is 1. The molecule has 0 amide bonds. The molecular weight excluding hydrogens is 174 g/mol. The Balaban J connectivity index is 2.81. The van der Waals surface area contributed by atoms with Gasteiger partial charge in [-0.05, 0) is 25.0 Å². The molecule has 0 bridgehead atoms. The van der Waals surface area contributed by atoms with E-state index in [9.17, 15) is 0 Å². The number of hydrogen-bond donors (Lipinski definition) is 1. The van der Waals surface area contributed by atoms with Crippen LogP contribution in [-0.2, 0) is 0 Å². The fourth-order valence-electron chi connectivity index (χ4n) is 1.66. The quantitative estimate of drug-likeness (QED) is 0.775. The van der Waals surface area contributed by atoms with Crippen molar-refractivity contribution in [2.45, 2.75) is 20.3 Å². The summed E-state index contributed by atoms with van der Waals surface area (Å²) in [5, 5.41) is 8.97. The van der Waals surface area contributed by atoms with E-state index >= 15 is 0 Å². The van der Waals surface area contributed by atoms with Crippen LogP contribution in [0.2, 0.25) is 0 Å². The van der Waals surface area contributed by atoms with E-state index in [1.54, 1.807) is 0 Å². The molecule has 0 aromatic heterocycles. The van der Waals surface area contributed by atoms with Crippen molar-refractivity contribution >= 4 is 5.69 Å². The van der Waals surface area contributed by atoms with Crippen molar-refractivity contribution < 1.29 is 5.11 Å². The topological polar surface area (TPSA) is 23.5 Å². The van der Waals surface area contributed by atoms with Gasteiger partial charge >= 0.3 is 0 Å². The van der Waals surface area contributed by atoms with E-state index in [1.165, 1.54) is 11.3 Å². The van der Waals surface area contributed by atoms with Gasteiger partial charge in [0.05, 0.1) is 6.61 Å². The van der Waals surface area contributed by atoms with Crippen LogP contribution in [0.4, 0.5) is 5.69 Å². The molecule has 0 saturated heterocycles. The van der Waals surface area contributed by atoms with Crippen LogP contribution in [0.5, 0.6) is 0 Å². The van der Waals surface area contributed by atoms with Crippen LogP contribution >= 0.6 is 0 Å². The number of hydrogen-bond acceptors (Lipinski definition) is 2. The Bertz CT molecular complexity index is 267. The standard InChI is InChI=1S/C12H19NO/c1-3-8-13(9-10-14)12-7-5-4-6-11(12)2/h4-7,14H,3,8-10H2,1-2H3. The van der Waals surface area contributed by atoms with Gasteiger partial charge in [0.25, 0.3) is 0 Å². The van der Waals surface area contributed by atoms with Crippen molar-refractivity contribution in [3.05, 3.63) is 29.8 Å². The highest BCUT2D eigenvalue weighted by molar-refractivity contribution is 5.52. The molecule has 2 heteroatoms. The number of aryl methyl sites for hydroxylation is 1. The highest BCUT2D eigenvalue weighted by Gasteiger charge is 2.06. The Morgan fingerprint density at radius 3 is 2.50 bits per heavy atom. The molecule has 0 heterocycles. The number of anilines is 1. The third-order valence-electron chi connectivity index (χ3n) is 2.32. The monoisotopic (exact) mass is 193 g/mol. The summed E-state index contributed by atoms with van der Waals surface area (Å²) in [6.45, 7) is 6.20. The second kappa shape index (κ2) is 5.66. The van der Waals surface area contributed by atoms with Gasteiger partial charge in [0.2, 0.25) is 0 Å². The van der Waals surface area contributed by atoms with Crippen LogP contribution in [0.1, 0.15) is 18.9 Å². The molecule has 0 unspecified atom stereocenters. The van der Waals surface area contributed by atoms with Gasteiger partial charge in [-0.15, -0.1) is 0 Å². The zero-order valence-electron chi connectivity index (χ0n) is 9.03. The van der Waals surface area contributed by atoms with Crippen molar-refractivity contribution in [3.8, 4) is 0 Å². The van der Waals surface area contributed by atoms with Crippen LogP contribution in [-0.4, -0.2) is 24.8 Å². The van der Waals surface area contributed by atoms with Crippen LogP contribution in [0.25, 0.3) is 0 Å². The van der Waals surface area contributed by atoms with Gasteiger partial charge in [-0.2, -0.15) is 0 Å². The molecular formula is C12H19NO. The Morgan fingerprint density at radius 1 is 1.21 bits per heavy atom. The molecule has 14 heavy (non-hydrogen) atoms. The van der Waals surface area contributed by atoms with E-state index < -0.39 is 0 Å². The maximum absolute atomic E-state index is 8.97. The smallest absolute Gasteiger partial charge is 0.0606 e. The van der Waals surface area contributed by atoms with Gasteiger partial charge in [0.1, 0.15) is 0 Å². The molecule has 2 nitrogen and oxygen atoms in total. The van der Waals surface area contributed by atoms with E-state index in [0.29, 0.717) is 0 Å². The molecule has 0 saturated carbocycles. The lowest BCUT2D eigenvalue weighted by Crippen LogP contribution is -2.27. The van der Waals surface area contributed by atoms with Crippen molar-refractivity contribution in [3.63, 3.8) is 0 Å². The molecule has 1 aromatic rings. The molecule has 0 aliphatic carbocycles. The summed E-state index contributed by atoms with van der Waals surface area (Å²) in [4.78, 5) is 2.23. The number of rotatable bonds is 5. The van der Waals surface area contributed by atoms with Crippen LogP contribution in [0.3, 0.4) is 0 Å². The van der Waals surface area contributed by atoms with Crippen molar-refractivity contribution in [2.24, 2.45) is 0 Å². The van der Waals surface area contributed by atoms with Gasteiger partial charge in [0, 0.05) is 18.8 Å². The Kier molecular flexibility index (Phi) is 4.47. The molecule has 0 spiro atoms. The zero-order chi connectivity index (χ0) is 10.4. The molecule has 1 rings (SSSR count). The summed E-state index contributed by atoms with van der Waals surface area (Å²) >= 11 is 0. The van der Waals surface area contributed by atoms with Gasteiger partial charge in [0.15, 0.2) is 0 Å². The Hall–Kier alpha value is -1.02. The maximum Gasteiger partial charge on any atom is 0.0606 e. The second-order valence-electron chi connectivity index (χ2n) is 3.50. The number of para-hydroxylation sites is 1. The minimum absolute atomic E-state index is 0.217. The Morgan fingerprint density at radius 2 is 1.93 bits per heavy atom. The summed E-state index contributed by atoms with van der Waals surface area (Å²) < 4.78 is 0. The molecule has 1 N–H and O–H groups in total. The highest BCUT2D eigenvalue weighted by atomic mass is 16.3. The first-order chi connectivity index (χ1) is 6.79. The number of aliphatic hydroxyl groups is 1. The summed E-state index contributed by atoms with van der Waals surface area (Å²) in [6, 6.07) is 8.31. The van der Waals surface area contributed by atoms with Gasteiger partial charge in [-0.1, -0.05) is 25.1 Å². The number of aliphatic hydroxyl groups excluding tert-OH is 1. The number of nitrogens with zero attached hydrogens (tertiary/aromatic N) is 1. The van der Waals surface area contributed by atoms with Crippen LogP contribution < -0.4 is 4.90 Å². The van der Waals surface area contributed by atoms with Crippen LogP contribution in [0.15, 0.2) is 24.3 Å². The summed E-state index contributed by atoms with van der Waals surface area (Å²) in [7, 11) is 0. The largest absolute Gasteiger partial charge is 0.395 e. The summed E-state index contributed by atoms with van der Waals surface area (Å²) in [5.41, 5.74) is 2.51. The first-order valence-electron chi connectivity index (χ1n) is 5.21.